The van der Waals surface area contributed by atoms with Crippen LogP contribution in [0.25, 0.3) is 27.9 Å². The second-order valence-electron chi connectivity index (χ2n) is 9.54. The van der Waals surface area contributed by atoms with Gasteiger partial charge in [-0.25, -0.2) is 28.2 Å². The summed E-state index contributed by atoms with van der Waals surface area (Å²) in [6.07, 6.45) is 2.21. The number of nitrogens with one attached hydrogen (secondary N) is 1. The molecule has 0 bridgehead atoms. The fourth-order valence-electron chi connectivity index (χ4n) is 5.13. The molecule has 184 valence electrons. The Kier molecular flexibility index (Phi) is 5.60. The zero-order chi connectivity index (χ0) is 24.1. The summed E-state index contributed by atoms with van der Waals surface area (Å²) in [6, 6.07) is 6.46. The smallest absolute Gasteiger partial charge is 0.256 e. The van der Waals surface area contributed by atoms with Gasteiger partial charge in [-0.2, -0.15) is 0 Å². The zero-order valence-electron chi connectivity index (χ0n) is 19.7. The fraction of sp³-hybridized carbons (Fsp3) is 0.500. The van der Waals surface area contributed by atoms with Crippen molar-refractivity contribution in [2.24, 2.45) is 5.92 Å². The number of aromatic nitrogens is 6. The van der Waals surface area contributed by atoms with E-state index >= 15 is 0 Å². The molecule has 0 aliphatic carbocycles. The summed E-state index contributed by atoms with van der Waals surface area (Å²) in [5, 5.41) is 8.19. The van der Waals surface area contributed by atoms with Crippen LogP contribution in [0, 0.1) is 12.8 Å². The molecule has 0 radical (unpaired) electrons. The van der Waals surface area contributed by atoms with Gasteiger partial charge in [-0.3, -0.25) is 4.90 Å². The van der Waals surface area contributed by atoms with Gasteiger partial charge in [0.15, 0.2) is 5.65 Å². The maximum Gasteiger partial charge on any atom is 0.256 e. The van der Waals surface area contributed by atoms with Crippen LogP contribution < -0.4 is 5.32 Å². The number of hydrogen-bond donors (Lipinski definition) is 1. The number of likely N-dealkylation sites (tertiary alicyclic amines) is 1. The standard InChI is InChI=1S/C24H28F2N8O/c1-14-10-32(16-12-35-13-16)7-6-18(14)30-24-27-9-21-17(5-8-34(21)31-24)19-3-4-20-23(29-19)33(11-22(25)26)15(2)28-20/h3-5,8-9,14,16,18,22H,6-7,10-13H2,1-2H3,(H,30,31)/t14-,18+/m1/s1. The molecule has 0 amide bonds. The Morgan fingerprint density at radius 1 is 1.20 bits per heavy atom. The van der Waals surface area contributed by atoms with Gasteiger partial charge < -0.3 is 14.6 Å². The van der Waals surface area contributed by atoms with E-state index in [4.69, 9.17) is 4.74 Å². The van der Waals surface area contributed by atoms with Gasteiger partial charge >= 0.3 is 0 Å². The van der Waals surface area contributed by atoms with Gasteiger partial charge in [-0.15, -0.1) is 5.10 Å². The molecule has 0 saturated carbocycles. The lowest BCUT2D eigenvalue weighted by Gasteiger charge is -2.44. The van der Waals surface area contributed by atoms with Gasteiger partial charge in [0.1, 0.15) is 11.3 Å². The van der Waals surface area contributed by atoms with E-state index in [0.29, 0.717) is 46.6 Å². The third kappa shape index (κ3) is 4.12. The number of aryl methyl sites for hydroxylation is 1. The number of fused-ring (bicyclic) bond motifs is 2. The highest BCUT2D eigenvalue weighted by Crippen LogP contribution is 2.28. The molecule has 4 aromatic rings. The number of imidazole rings is 1. The fourth-order valence-corrected chi connectivity index (χ4v) is 5.13. The van der Waals surface area contributed by atoms with E-state index in [1.54, 1.807) is 17.6 Å². The number of pyridine rings is 1. The molecule has 35 heavy (non-hydrogen) atoms. The predicted molar refractivity (Wildman–Crippen MR) is 128 cm³/mol. The van der Waals surface area contributed by atoms with E-state index in [9.17, 15) is 8.78 Å². The zero-order valence-corrected chi connectivity index (χ0v) is 19.7. The van der Waals surface area contributed by atoms with E-state index in [1.165, 1.54) is 4.57 Å². The Balaban J connectivity index is 1.23. The summed E-state index contributed by atoms with van der Waals surface area (Å²) >= 11 is 0. The van der Waals surface area contributed by atoms with Crippen molar-refractivity contribution in [2.75, 3.05) is 31.6 Å². The molecular formula is C24H28F2N8O. The first-order valence-electron chi connectivity index (χ1n) is 12.0. The Labute approximate surface area is 201 Å². The Hall–Kier alpha value is -3.18. The van der Waals surface area contributed by atoms with E-state index in [-0.39, 0.29) is 0 Å². The van der Waals surface area contributed by atoms with Crippen LogP contribution in [0.3, 0.4) is 0 Å². The number of nitrogens with zero attached hydrogens (tertiary/aromatic N) is 7. The molecule has 2 aliphatic rings. The lowest BCUT2D eigenvalue weighted by Crippen LogP contribution is -2.55. The average molecular weight is 483 g/mol. The third-order valence-corrected chi connectivity index (χ3v) is 7.18. The highest BCUT2D eigenvalue weighted by molar-refractivity contribution is 5.82. The minimum absolute atomic E-state index is 0.308. The van der Waals surface area contributed by atoms with Gasteiger partial charge in [0.2, 0.25) is 5.95 Å². The molecule has 2 saturated heterocycles. The Bertz CT molecular complexity index is 1360. The molecule has 1 N–H and O–H groups in total. The molecule has 6 rings (SSSR count). The summed E-state index contributed by atoms with van der Waals surface area (Å²) in [5.74, 6) is 1.58. The summed E-state index contributed by atoms with van der Waals surface area (Å²) in [6.45, 7) is 7.32. The van der Waals surface area contributed by atoms with Gasteiger partial charge in [0.05, 0.1) is 43.2 Å². The molecule has 6 heterocycles. The van der Waals surface area contributed by atoms with Crippen molar-refractivity contribution in [3.8, 4) is 11.3 Å². The van der Waals surface area contributed by atoms with Crippen LogP contribution >= 0.6 is 0 Å². The first kappa shape index (κ1) is 22.3. The number of halogens is 2. The topological polar surface area (TPSA) is 85.4 Å². The van der Waals surface area contributed by atoms with Crippen LogP contribution in [0.5, 0.6) is 0 Å². The van der Waals surface area contributed by atoms with Gasteiger partial charge in [0, 0.05) is 30.9 Å². The van der Waals surface area contributed by atoms with Gasteiger partial charge in [0.25, 0.3) is 6.43 Å². The van der Waals surface area contributed by atoms with Gasteiger partial charge in [-0.1, -0.05) is 6.92 Å². The van der Waals surface area contributed by atoms with E-state index < -0.39 is 13.0 Å². The average Bonchev–Trinajstić information content (AvgIpc) is 3.34. The molecule has 0 aromatic carbocycles. The molecule has 2 atom stereocenters. The predicted octanol–water partition coefficient (Wildman–Crippen LogP) is 3.24. The maximum atomic E-state index is 13.1. The van der Waals surface area contributed by atoms with E-state index in [1.807, 2.05) is 24.4 Å². The quantitative estimate of drug-likeness (QED) is 0.452. The number of rotatable bonds is 6. The summed E-state index contributed by atoms with van der Waals surface area (Å²) in [4.78, 5) is 16.1. The number of anilines is 1. The first-order chi connectivity index (χ1) is 17.0. The van der Waals surface area contributed by atoms with Crippen LogP contribution in [0.1, 0.15) is 19.2 Å². The molecule has 2 fully saturated rings. The highest BCUT2D eigenvalue weighted by Gasteiger charge is 2.33. The van der Waals surface area contributed by atoms with Crippen molar-refractivity contribution in [1.29, 1.82) is 0 Å². The second kappa shape index (κ2) is 8.80. The molecule has 0 unspecified atom stereocenters. The summed E-state index contributed by atoms with van der Waals surface area (Å²) < 4.78 is 34.8. The minimum atomic E-state index is -2.48. The normalized spacial score (nSPS) is 21.7. The summed E-state index contributed by atoms with van der Waals surface area (Å²) in [5.41, 5.74) is 3.36. The van der Waals surface area contributed by atoms with Crippen molar-refractivity contribution >= 4 is 22.6 Å². The molecule has 2 aliphatic heterocycles. The third-order valence-electron chi connectivity index (χ3n) is 7.18. The van der Waals surface area contributed by atoms with Crippen molar-refractivity contribution < 1.29 is 13.5 Å². The molecule has 4 aromatic heterocycles. The number of ether oxygens (including phenoxy) is 1. The highest BCUT2D eigenvalue weighted by atomic mass is 19.3. The van der Waals surface area contributed by atoms with Crippen molar-refractivity contribution in [3.63, 3.8) is 0 Å². The first-order valence-corrected chi connectivity index (χ1v) is 12.0. The monoisotopic (exact) mass is 482 g/mol. The lowest BCUT2D eigenvalue weighted by atomic mass is 9.92. The molecular weight excluding hydrogens is 454 g/mol. The van der Waals surface area contributed by atoms with Crippen LogP contribution in [-0.4, -0.2) is 78.8 Å². The van der Waals surface area contributed by atoms with E-state index in [2.05, 4.69) is 37.2 Å². The maximum absolute atomic E-state index is 13.1. The number of hydrogen-bond acceptors (Lipinski definition) is 7. The van der Waals surface area contributed by atoms with Crippen LogP contribution in [-0.2, 0) is 11.3 Å². The minimum Gasteiger partial charge on any atom is -0.378 e. The summed E-state index contributed by atoms with van der Waals surface area (Å²) in [7, 11) is 0. The van der Waals surface area contributed by atoms with Crippen molar-refractivity contribution in [2.45, 2.75) is 45.3 Å². The van der Waals surface area contributed by atoms with Crippen molar-refractivity contribution in [1.82, 2.24) is 34.0 Å². The van der Waals surface area contributed by atoms with Crippen molar-refractivity contribution in [3.05, 3.63) is 36.4 Å². The van der Waals surface area contributed by atoms with Crippen LogP contribution in [0.4, 0.5) is 14.7 Å². The number of piperidine rings is 1. The van der Waals surface area contributed by atoms with E-state index in [0.717, 1.165) is 43.8 Å². The second-order valence-corrected chi connectivity index (χ2v) is 9.54. The largest absolute Gasteiger partial charge is 0.378 e. The Morgan fingerprint density at radius 3 is 2.80 bits per heavy atom. The molecule has 11 heteroatoms. The molecule has 9 nitrogen and oxygen atoms in total. The SMILES string of the molecule is Cc1nc2ccc(-c3ccn4nc(N[C@H]5CCN(C6COC6)C[C@H]5C)ncc34)nc2n1CC(F)F. The molecule has 0 spiro atoms. The van der Waals surface area contributed by atoms with Crippen LogP contribution in [0.15, 0.2) is 30.6 Å². The van der Waals surface area contributed by atoms with Gasteiger partial charge in [-0.05, 0) is 37.5 Å². The lowest BCUT2D eigenvalue weighted by molar-refractivity contribution is -0.0763. The Morgan fingerprint density at radius 2 is 2.06 bits per heavy atom. The number of alkyl halides is 2. The van der Waals surface area contributed by atoms with Crippen LogP contribution in [0.2, 0.25) is 0 Å².